The number of nitrogens with zero attached hydrogens (tertiary/aromatic N) is 1. The highest BCUT2D eigenvalue weighted by molar-refractivity contribution is 7.45. The first-order valence-corrected chi connectivity index (χ1v) is 37.1. The van der Waals surface area contributed by atoms with Crippen molar-refractivity contribution in [1.82, 2.24) is 5.32 Å². The van der Waals surface area contributed by atoms with Crippen molar-refractivity contribution >= 4 is 19.7 Å². The van der Waals surface area contributed by atoms with E-state index >= 15 is 0 Å². The monoisotopic (exact) mass is 1190 g/mol. The quantitative estimate of drug-likeness (QED) is 0.0212. The van der Waals surface area contributed by atoms with Crippen molar-refractivity contribution in [3.05, 3.63) is 60.8 Å². The Hall–Kier alpha value is -2.29. The Morgan fingerprint density at radius 3 is 1.11 bits per heavy atom. The van der Waals surface area contributed by atoms with Gasteiger partial charge in [-0.3, -0.25) is 14.2 Å². The number of hydrogen-bond acceptors (Lipinski definition) is 7. The van der Waals surface area contributed by atoms with E-state index in [1.54, 1.807) is 0 Å². The lowest BCUT2D eigenvalue weighted by molar-refractivity contribution is -0.870. The Labute approximate surface area is 515 Å². The van der Waals surface area contributed by atoms with E-state index in [0.29, 0.717) is 17.4 Å². The Balaban J connectivity index is 4.97. The Morgan fingerprint density at radius 2 is 0.735 bits per heavy atom. The van der Waals surface area contributed by atoms with Crippen LogP contribution >= 0.6 is 7.82 Å². The molecule has 1 amide bonds. The summed E-state index contributed by atoms with van der Waals surface area (Å²) in [5.74, 6) is -0.534. The third-order valence-electron chi connectivity index (χ3n) is 15.9. The molecule has 3 unspecified atom stereocenters. The summed E-state index contributed by atoms with van der Waals surface area (Å²) in [6.45, 7) is 6.83. The fourth-order valence-electron chi connectivity index (χ4n) is 10.4. The molecule has 0 radical (unpaired) electrons. The van der Waals surface area contributed by atoms with Crippen LogP contribution in [0.15, 0.2) is 60.8 Å². The van der Waals surface area contributed by atoms with Gasteiger partial charge in [-0.25, -0.2) is 0 Å². The molecule has 0 aliphatic rings. The van der Waals surface area contributed by atoms with Crippen LogP contribution in [-0.4, -0.2) is 69.4 Å². The molecular formula is C73H137N2O7P. The summed E-state index contributed by atoms with van der Waals surface area (Å²) >= 11 is 0. The van der Waals surface area contributed by atoms with Crippen LogP contribution in [0.2, 0.25) is 0 Å². The maximum Gasteiger partial charge on any atom is 0.306 e. The number of unbranched alkanes of at least 4 members (excludes halogenated alkanes) is 41. The largest absolute Gasteiger partial charge is 0.756 e. The second-order valence-corrected chi connectivity index (χ2v) is 26.8. The summed E-state index contributed by atoms with van der Waals surface area (Å²) in [4.78, 5) is 40.1. The third-order valence-corrected chi connectivity index (χ3v) is 16.9. The molecule has 0 aliphatic heterocycles. The van der Waals surface area contributed by atoms with Gasteiger partial charge in [-0.2, -0.15) is 0 Å². The van der Waals surface area contributed by atoms with Gasteiger partial charge in [0.05, 0.1) is 33.8 Å². The summed E-state index contributed by atoms with van der Waals surface area (Å²) in [6.07, 6.45) is 80.6. The normalized spacial score (nSPS) is 13.9. The highest BCUT2D eigenvalue weighted by atomic mass is 31.2. The number of allylic oxidation sites excluding steroid dienone is 9. The average molecular weight is 1190 g/mol. The van der Waals surface area contributed by atoms with Crippen LogP contribution in [0.5, 0.6) is 0 Å². The molecule has 0 rings (SSSR count). The molecule has 9 nitrogen and oxygen atoms in total. The fraction of sp³-hybridized carbons (Fsp3) is 0.836. The lowest BCUT2D eigenvalue weighted by Gasteiger charge is -2.30. The van der Waals surface area contributed by atoms with Crippen molar-refractivity contribution in [1.29, 1.82) is 0 Å². The van der Waals surface area contributed by atoms with Gasteiger partial charge in [-0.1, -0.05) is 294 Å². The number of quaternary nitrogens is 1. The molecule has 0 fully saturated rings. The topological polar surface area (TPSA) is 114 Å². The lowest BCUT2D eigenvalue weighted by atomic mass is 10.0. The van der Waals surface area contributed by atoms with E-state index in [-0.39, 0.29) is 31.5 Å². The van der Waals surface area contributed by atoms with Crippen LogP contribution in [0.4, 0.5) is 0 Å². The number of phosphoric acid groups is 1. The molecule has 0 saturated heterocycles. The Morgan fingerprint density at radius 1 is 0.422 bits per heavy atom. The van der Waals surface area contributed by atoms with Crippen molar-refractivity contribution in [2.75, 3.05) is 40.9 Å². The van der Waals surface area contributed by atoms with E-state index in [2.05, 4.69) is 74.7 Å². The Bertz CT molecular complexity index is 1600. The fourth-order valence-corrected chi connectivity index (χ4v) is 11.1. The highest BCUT2D eigenvalue weighted by Gasteiger charge is 2.27. The van der Waals surface area contributed by atoms with E-state index in [0.717, 1.165) is 70.6 Å². The van der Waals surface area contributed by atoms with Crippen LogP contribution < -0.4 is 10.2 Å². The number of amides is 1. The number of hydrogen-bond donors (Lipinski definition) is 1. The first-order chi connectivity index (χ1) is 40.4. The smallest absolute Gasteiger partial charge is 0.306 e. The molecule has 0 bridgehead atoms. The molecule has 0 aromatic carbocycles. The minimum atomic E-state index is -4.70. The molecule has 486 valence electrons. The Kier molecular flexibility index (Phi) is 61.0. The molecule has 83 heavy (non-hydrogen) atoms. The number of likely N-dealkylation sites (N-methyl/N-ethyl adjacent to an activating group) is 1. The maximum absolute atomic E-state index is 13.6. The van der Waals surface area contributed by atoms with E-state index in [1.165, 1.54) is 238 Å². The van der Waals surface area contributed by atoms with Crippen LogP contribution in [0.25, 0.3) is 0 Å². The zero-order chi connectivity index (χ0) is 60.7. The molecule has 0 aliphatic carbocycles. The van der Waals surface area contributed by atoms with Crippen molar-refractivity contribution in [2.45, 2.75) is 354 Å². The van der Waals surface area contributed by atoms with Gasteiger partial charge in [0.1, 0.15) is 19.3 Å². The van der Waals surface area contributed by atoms with Crippen molar-refractivity contribution in [3.63, 3.8) is 0 Å². The van der Waals surface area contributed by atoms with E-state index < -0.39 is 20.0 Å². The first kappa shape index (κ1) is 80.7. The maximum atomic E-state index is 13.6. The SMILES string of the molecule is CCCCC/C=C\C/C=C\CCCCCCCCCCCCCCCCCCCC(=O)NC(COP(=O)([O-])OCC[N+](C)(C)C)C(/C=C\CCCCCCCCCCC)OC(=O)CCCCCCCCCCC/C=C\C/C=C\CCCCC. The zero-order valence-electron chi connectivity index (χ0n) is 55.7. The predicted molar refractivity (Wildman–Crippen MR) is 358 cm³/mol. The lowest BCUT2D eigenvalue weighted by Crippen LogP contribution is -2.47. The molecule has 1 N–H and O–H groups in total. The molecule has 0 spiro atoms. The van der Waals surface area contributed by atoms with Crippen LogP contribution in [-0.2, 0) is 27.9 Å². The van der Waals surface area contributed by atoms with Crippen LogP contribution in [0, 0.1) is 0 Å². The zero-order valence-corrected chi connectivity index (χ0v) is 56.6. The first-order valence-electron chi connectivity index (χ1n) is 35.6. The van der Waals surface area contributed by atoms with Crippen molar-refractivity contribution in [3.8, 4) is 0 Å². The molecule has 0 aromatic heterocycles. The van der Waals surface area contributed by atoms with Gasteiger partial charge in [-0.15, -0.1) is 0 Å². The van der Waals surface area contributed by atoms with Gasteiger partial charge >= 0.3 is 5.97 Å². The third kappa shape index (κ3) is 64.0. The minimum absolute atomic E-state index is 0.0225. The number of carbonyl (C=O) groups excluding carboxylic acids is 2. The van der Waals surface area contributed by atoms with E-state index in [4.69, 9.17) is 13.8 Å². The van der Waals surface area contributed by atoms with Gasteiger partial charge in [0.2, 0.25) is 5.91 Å². The standard InChI is InChI=1S/C73H137N2O7P/c1-7-10-13-16-19-22-25-27-29-31-33-34-35-36-37-38-39-40-42-43-45-47-50-53-56-59-62-65-72(76)74-70(69-81-83(78,79)80-68-67-75(4,5)6)71(64-61-58-55-52-49-24-21-18-15-12-9-3)82-73(77)66-63-60-57-54-51-48-46-44-41-32-30-28-26-23-20-17-14-11-8-2/h19-20,22-23,27-30,61,64,70-71H,7-18,21,24-26,31-60,62-63,65-69H2,1-6H3,(H-,74,76,78,79)/b22-19-,23-20-,29-27-,30-28-,64-61-. The van der Waals surface area contributed by atoms with Crippen molar-refractivity contribution in [2.24, 2.45) is 0 Å². The number of rotatable bonds is 65. The molecule has 0 aromatic rings. The summed E-state index contributed by atoms with van der Waals surface area (Å²) in [5, 5.41) is 3.04. The highest BCUT2D eigenvalue weighted by Crippen LogP contribution is 2.38. The summed E-state index contributed by atoms with van der Waals surface area (Å²) in [6, 6.07) is -0.890. The van der Waals surface area contributed by atoms with Gasteiger partial charge < -0.3 is 28.5 Å². The molecule has 3 atom stereocenters. The van der Waals surface area contributed by atoms with Crippen molar-refractivity contribution < 1.29 is 37.3 Å². The number of carbonyl (C=O) groups is 2. The van der Waals surface area contributed by atoms with E-state index in [1.807, 2.05) is 33.3 Å². The second kappa shape index (κ2) is 62.8. The molecule has 10 heteroatoms. The second-order valence-electron chi connectivity index (χ2n) is 25.4. The van der Waals surface area contributed by atoms with E-state index in [9.17, 15) is 19.0 Å². The average Bonchev–Trinajstić information content (AvgIpc) is 3.51. The molecule has 0 saturated carbocycles. The van der Waals surface area contributed by atoms with Gasteiger partial charge in [0.25, 0.3) is 7.82 Å². The number of nitrogens with one attached hydrogen (secondary N) is 1. The summed E-state index contributed by atoms with van der Waals surface area (Å²) in [7, 11) is 1.19. The number of ether oxygens (including phenoxy) is 1. The summed E-state index contributed by atoms with van der Waals surface area (Å²) < 4.78 is 30.4. The number of esters is 1. The molecule has 0 heterocycles. The predicted octanol–water partition coefficient (Wildman–Crippen LogP) is 21.9. The van der Waals surface area contributed by atoms with Gasteiger partial charge in [-0.05, 0) is 96.0 Å². The van der Waals surface area contributed by atoms with Gasteiger partial charge in [0, 0.05) is 12.8 Å². The minimum Gasteiger partial charge on any atom is -0.756 e. The molecular weight excluding hydrogens is 1050 g/mol. The number of phosphoric ester groups is 1. The van der Waals surface area contributed by atoms with Gasteiger partial charge in [0.15, 0.2) is 0 Å². The van der Waals surface area contributed by atoms with Crippen LogP contribution in [0.1, 0.15) is 342 Å². The van der Waals surface area contributed by atoms with Crippen LogP contribution in [0.3, 0.4) is 0 Å². The summed E-state index contributed by atoms with van der Waals surface area (Å²) in [5.41, 5.74) is 0.